The summed E-state index contributed by atoms with van der Waals surface area (Å²) in [5.74, 6) is 0. The third-order valence-electron chi connectivity index (χ3n) is 2.45. The van der Waals surface area contributed by atoms with Crippen LogP contribution in [0.5, 0.6) is 0 Å². The van der Waals surface area contributed by atoms with Gasteiger partial charge in [-0.15, -0.1) is 0 Å². The molecule has 1 unspecified atom stereocenters. The minimum absolute atomic E-state index is 0.00716. The third-order valence-corrected chi connectivity index (χ3v) is 3.96. The van der Waals surface area contributed by atoms with Gasteiger partial charge in [0.2, 0.25) is 0 Å². The largest absolute Gasteiger partial charge is 0.379 e. The van der Waals surface area contributed by atoms with E-state index in [1.54, 1.807) is 4.31 Å². The summed E-state index contributed by atoms with van der Waals surface area (Å²) in [4.78, 5) is 10.6. The molecule has 7 heteroatoms. The summed E-state index contributed by atoms with van der Waals surface area (Å²) in [5.41, 5.74) is 0.00716. The molecule has 1 fully saturated rings. The molecule has 92 valence electrons. The van der Waals surface area contributed by atoms with Crippen molar-refractivity contribution in [3.63, 3.8) is 0 Å². The van der Waals surface area contributed by atoms with E-state index in [0.29, 0.717) is 31.2 Å². The molecule has 2 rings (SSSR count). The fraction of sp³-hybridized carbons (Fsp3) is 0.400. The van der Waals surface area contributed by atoms with Crippen molar-refractivity contribution in [2.24, 2.45) is 0 Å². The van der Waals surface area contributed by atoms with E-state index in [1.165, 1.54) is 24.3 Å². The Kier molecular flexibility index (Phi) is 3.82. The average molecular weight is 256 g/mol. The van der Waals surface area contributed by atoms with Gasteiger partial charge >= 0.3 is 0 Å². The zero-order chi connectivity index (χ0) is 12.3. The molecule has 1 heterocycles. The molecule has 0 N–H and O–H groups in total. The highest BCUT2D eigenvalue weighted by molar-refractivity contribution is 7.82. The summed E-state index contributed by atoms with van der Waals surface area (Å²) in [6, 6.07) is 5.80. The minimum atomic E-state index is -1.26. The van der Waals surface area contributed by atoms with E-state index in [-0.39, 0.29) is 5.69 Å². The van der Waals surface area contributed by atoms with Gasteiger partial charge in [-0.25, -0.2) is 8.51 Å². The lowest BCUT2D eigenvalue weighted by Crippen LogP contribution is -2.37. The molecule has 1 aliphatic rings. The number of ether oxygens (including phenoxy) is 1. The molecule has 1 aromatic carbocycles. The Morgan fingerprint density at radius 3 is 2.35 bits per heavy atom. The summed E-state index contributed by atoms with van der Waals surface area (Å²) in [6.07, 6.45) is 0. The van der Waals surface area contributed by atoms with E-state index < -0.39 is 15.9 Å². The van der Waals surface area contributed by atoms with Crippen LogP contribution in [0.2, 0.25) is 0 Å². The lowest BCUT2D eigenvalue weighted by molar-refractivity contribution is -0.384. The van der Waals surface area contributed by atoms with E-state index in [4.69, 9.17) is 4.74 Å². The first-order valence-electron chi connectivity index (χ1n) is 5.17. The standard InChI is InChI=1S/C10H12N2O4S/c13-12(14)9-1-3-10(4-2-9)17(15)11-5-7-16-8-6-11/h1-4H,5-8H2. The smallest absolute Gasteiger partial charge is 0.269 e. The van der Waals surface area contributed by atoms with Gasteiger partial charge in [0, 0.05) is 25.2 Å². The second kappa shape index (κ2) is 5.35. The zero-order valence-electron chi connectivity index (χ0n) is 9.07. The maximum atomic E-state index is 12.1. The Morgan fingerprint density at radius 1 is 1.24 bits per heavy atom. The van der Waals surface area contributed by atoms with Gasteiger partial charge in [-0.05, 0) is 12.1 Å². The lowest BCUT2D eigenvalue weighted by atomic mass is 10.3. The number of hydrogen-bond acceptors (Lipinski definition) is 4. The van der Waals surface area contributed by atoms with Gasteiger partial charge in [-0.2, -0.15) is 0 Å². The second-order valence-electron chi connectivity index (χ2n) is 3.54. The lowest BCUT2D eigenvalue weighted by Gasteiger charge is -2.25. The number of nitro benzene ring substituents is 1. The molecule has 0 aromatic heterocycles. The topological polar surface area (TPSA) is 72.7 Å². The molecule has 1 aliphatic heterocycles. The Balaban J connectivity index is 2.10. The zero-order valence-corrected chi connectivity index (χ0v) is 9.89. The first-order chi connectivity index (χ1) is 8.18. The van der Waals surface area contributed by atoms with Crippen LogP contribution in [0.4, 0.5) is 5.69 Å². The van der Waals surface area contributed by atoms with E-state index in [9.17, 15) is 14.3 Å². The van der Waals surface area contributed by atoms with Crippen LogP contribution in [-0.4, -0.2) is 39.7 Å². The van der Waals surface area contributed by atoms with E-state index >= 15 is 0 Å². The molecular weight excluding hydrogens is 244 g/mol. The van der Waals surface area contributed by atoms with Gasteiger partial charge < -0.3 is 4.74 Å². The number of nitrogens with zero attached hydrogens (tertiary/aromatic N) is 2. The van der Waals surface area contributed by atoms with Crippen LogP contribution >= 0.6 is 0 Å². The average Bonchev–Trinajstić information content (AvgIpc) is 2.39. The van der Waals surface area contributed by atoms with Crippen molar-refractivity contribution >= 4 is 16.7 Å². The molecule has 6 nitrogen and oxygen atoms in total. The fourth-order valence-corrected chi connectivity index (χ4v) is 2.69. The van der Waals surface area contributed by atoms with Crippen molar-refractivity contribution < 1.29 is 13.9 Å². The highest BCUT2D eigenvalue weighted by Gasteiger charge is 2.18. The SMILES string of the molecule is O=[N+]([O-])c1ccc(S(=O)N2CCOCC2)cc1. The molecule has 17 heavy (non-hydrogen) atoms. The maximum absolute atomic E-state index is 12.1. The van der Waals surface area contributed by atoms with Gasteiger partial charge in [0.1, 0.15) is 11.0 Å². The number of nitro groups is 1. The predicted molar refractivity (Wildman–Crippen MR) is 61.9 cm³/mol. The van der Waals surface area contributed by atoms with Gasteiger partial charge in [0.15, 0.2) is 0 Å². The van der Waals surface area contributed by atoms with Crippen LogP contribution in [0.3, 0.4) is 0 Å². The molecule has 1 aromatic rings. The highest BCUT2D eigenvalue weighted by Crippen LogP contribution is 2.17. The molecule has 0 radical (unpaired) electrons. The number of rotatable bonds is 3. The molecule has 0 spiro atoms. The normalized spacial score (nSPS) is 18.8. The molecule has 1 atom stereocenters. The van der Waals surface area contributed by atoms with E-state index in [1.807, 2.05) is 0 Å². The number of non-ortho nitro benzene ring substituents is 1. The first kappa shape index (κ1) is 12.2. The van der Waals surface area contributed by atoms with E-state index in [2.05, 4.69) is 0 Å². The Hall–Kier alpha value is -1.31. The Morgan fingerprint density at radius 2 is 1.82 bits per heavy atom. The number of hydrogen-bond donors (Lipinski definition) is 0. The maximum Gasteiger partial charge on any atom is 0.269 e. The molecule has 0 bridgehead atoms. The van der Waals surface area contributed by atoms with Gasteiger partial charge in [-0.3, -0.25) is 10.1 Å². The van der Waals surface area contributed by atoms with Gasteiger partial charge in [0.25, 0.3) is 5.69 Å². The number of morpholine rings is 1. The van der Waals surface area contributed by atoms with Crippen molar-refractivity contribution in [1.29, 1.82) is 0 Å². The van der Waals surface area contributed by atoms with Crippen molar-refractivity contribution in [2.75, 3.05) is 26.3 Å². The molecular formula is C10H12N2O4S. The van der Waals surface area contributed by atoms with Gasteiger partial charge in [-0.1, -0.05) is 0 Å². The van der Waals surface area contributed by atoms with Crippen LogP contribution in [0, 0.1) is 10.1 Å². The molecule has 0 saturated carbocycles. The van der Waals surface area contributed by atoms with Crippen LogP contribution < -0.4 is 0 Å². The summed E-state index contributed by atoms with van der Waals surface area (Å²) in [5, 5.41) is 10.5. The summed E-state index contributed by atoms with van der Waals surface area (Å²) >= 11 is 0. The third kappa shape index (κ3) is 2.87. The predicted octanol–water partition coefficient (Wildman–Crippen LogP) is 0.950. The van der Waals surface area contributed by atoms with E-state index in [0.717, 1.165) is 0 Å². The quantitative estimate of drug-likeness (QED) is 0.596. The fourth-order valence-electron chi connectivity index (χ4n) is 1.55. The van der Waals surface area contributed by atoms with Gasteiger partial charge in [0.05, 0.1) is 23.0 Å². The summed E-state index contributed by atoms with van der Waals surface area (Å²) < 4.78 is 19.1. The molecule has 1 saturated heterocycles. The van der Waals surface area contributed by atoms with Crippen molar-refractivity contribution in [1.82, 2.24) is 4.31 Å². The first-order valence-corrected chi connectivity index (χ1v) is 6.28. The Labute approximate surface area is 101 Å². The van der Waals surface area contributed by atoms with Crippen molar-refractivity contribution in [3.8, 4) is 0 Å². The van der Waals surface area contributed by atoms with Crippen LogP contribution in [0.15, 0.2) is 29.2 Å². The number of benzene rings is 1. The second-order valence-corrected chi connectivity index (χ2v) is 5.03. The minimum Gasteiger partial charge on any atom is -0.379 e. The van der Waals surface area contributed by atoms with Crippen molar-refractivity contribution in [2.45, 2.75) is 4.90 Å². The van der Waals surface area contributed by atoms with Crippen LogP contribution in [0.1, 0.15) is 0 Å². The van der Waals surface area contributed by atoms with Crippen LogP contribution in [0.25, 0.3) is 0 Å². The molecule has 0 amide bonds. The monoisotopic (exact) mass is 256 g/mol. The molecule has 0 aliphatic carbocycles. The summed E-state index contributed by atoms with van der Waals surface area (Å²) in [7, 11) is -1.26. The Bertz CT molecular complexity index is 428. The summed E-state index contributed by atoms with van der Waals surface area (Å²) in [6.45, 7) is 2.37. The van der Waals surface area contributed by atoms with Crippen LogP contribution in [-0.2, 0) is 15.7 Å². The van der Waals surface area contributed by atoms with Crippen molar-refractivity contribution in [3.05, 3.63) is 34.4 Å². The highest BCUT2D eigenvalue weighted by atomic mass is 32.2.